The Morgan fingerprint density at radius 1 is 1.24 bits per heavy atom. The van der Waals surface area contributed by atoms with E-state index < -0.39 is 0 Å². The zero-order valence-electron chi connectivity index (χ0n) is 16.6. The molecule has 4 heteroatoms. The molecule has 1 aliphatic heterocycles. The standard InChI is InChI=1S/C21H19NO.C4H6N2/c1-2-15-6-5-7-17(12-15)21(13-16-10-11-16)14-20(23)22-19-9-4-3-8-18(19)21;1-6-3-2-5-4-6/h1,3-9,12,16H,10-11,13-14H2,(H,22,23);2-4H,1H3. The van der Waals surface area contributed by atoms with Crippen LogP contribution in [0.2, 0.25) is 0 Å². The van der Waals surface area contributed by atoms with Gasteiger partial charge in [0.05, 0.1) is 6.33 Å². The number of aromatic nitrogens is 2. The van der Waals surface area contributed by atoms with E-state index in [1.165, 1.54) is 24.0 Å². The Hall–Kier alpha value is -3.32. The minimum absolute atomic E-state index is 0.0930. The second kappa shape index (κ2) is 7.97. The topological polar surface area (TPSA) is 46.9 Å². The van der Waals surface area contributed by atoms with Gasteiger partial charge < -0.3 is 9.88 Å². The number of anilines is 1. The fraction of sp³-hybridized carbons (Fsp3) is 0.280. The Morgan fingerprint density at radius 2 is 2.07 bits per heavy atom. The summed E-state index contributed by atoms with van der Waals surface area (Å²) in [5, 5.41) is 3.03. The van der Waals surface area contributed by atoms with Crippen LogP contribution >= 0.6 is 0 Å². The lowest BCUT2D eigenvalue weighted by Gasteiger charge is -2.39. The predicted octanol–water partition coefficient (Wildman–Crippen LogP) is 4.52. The minimum Gasteiger partial charge on any atom is -0.341 e. The highest BCUT2D eigenvalue weighted by molar-refractivity contribution is 5.96. The number of fused-ring (bicyclic) bond motifs is 1. The van der Waals surface area contributed by atoms with Gasteiger partial charge in [0.25, 0.3) is 0 Å². The summed E-state index contributed by atoms with van der Waals surface area (Å²) >= 11 is 0. The van der Waals surface area contributed by atoms with E-state index in [-0.39, 0.29) is 11.3 Å². The summed E-state index contributed by atoms with van der Waals surface area (Å²) in [6.45, 7) is 0. The van der Waals surface area contributed by atoms with Gasteiger partial charge in [-0.15, -0.1) is 6.42 Å². The highest BCUT2D eigenvalue weighted by atomic mass is 16.1. The monoisotopic (exact) mass is 383 g/mol. The SMILES string of the molecule is C#Cc1cccc(C2(CC3CC3)CC(=O)Nc3ccccc32)c1.Cn1ccnc1. The van der Waals surface area contributed by atoms with Gasteiger partial charge in [0.15, 0.2) is 0 Å². The largest absolute Gasteiger partial charge is 0.341 e. The third-order valence-corrected chi connectivity index (χ3v) is 5.73. The van der Waals surface area contributed by atoms with Gasteiger partial charge in [0.2, 0.25) is 5.91 Å². The fourth-order valence-corrected chi connectivity index (χ4v) is 4.18. The second-order valence-corrected chi connectivity index (χ2v) is 7.95. The smallest absolute Gasteiger partial charge is 0.225 e. The molecule has 0 bridgehead atoms. The summed E-state index contributed by atoms with van der Waals surface area (Å²) in [7, 11) is 1.94. The van der Waals surface area contributed by atoms with Crippen molar-refractivity contribution in [3.63, 3.8) is 0 Å². The lowest BCUT2D eigenvalue weighted by molar-refractivity contribution is -0.117. The first-order valence-electron chi connectivity index (χ1n) is 9.99. The van der Waals surface area contributed by atoms with Gasteiger partial charge >= 0.3 is 0 Å². The van der Waals surface area contributed by atoms with Crippen molar-refractivity contribution in [2.24, 2.45) is 13.0 Å². The number of nitrogens with one attached hydrogen (secondary N) is 1. The molecule has 1 saturated carbocycles. The number of carbonyl (C=O) groups excluding carboxylic acids is 1. The average molecular weight is 383 g/mol. The molecule has 4 nitrogen and oxygen atoms in total. The molecule has 5 rings (SSSR count). The van der Waals surface area contributed by atoms with Crippen molar-refractivity contribution in [3.8, 4) is 12.3 Å². The summed E-state index contributed by atoms with van der Waals surface area (Å²) in [6.07, 6.45) is 15.0. The number of terminal acetylenes is 1. The number of hydrogen-bond donors (Lipinski definition) is 1. The average Bonchev–Trinajstić information content (AvgIpc) is 3.42. The van der Waals surface area contributed by atoms with Gasteiger partial charge in [-0.25, -0.2) is 4.98 Å². The molecule has 2 aromatic carbocycles. The fourth-order valence-electron chi connectivity index (χ4n) is 4.18. The second-order valence-electron chi connectivity index (χ2n) is 7.95. The molecule has 2 heterocycles. The van der Waals surface area contributed by atoms with Crippen LogP contribution in [0, 0.1) is 18.3 Å². The van der Waals surface area contributed by atoms with Crippen LogP contribution < -0.4 is 5.32 Å². The zero-order valence-corrected chi connectivity index (χ0v) is 16.6. The zero-order chi connectivity index (χ0) is 20.3. The van der Waals surface area contributed by atoms with Crippen molar-refractivity contribution in [2.45, 2.75) is 31.1 Å². The third kappa shape index (κ3) is 4.09. The Balaban J connectivity index is 0.000000294. The van der Waals surface area contributed by atoms with Crippen molar-refractivity contribution in [1.29, 1.82) is 0 Å². The molecule has 0 radical (unpaired) electrons. The van der Waals surface area contributed by atoms with Crippen LogP contribution in [0.25, 0.3) is 0 Å². The van der Waals surface area contributed by atoms with Crippen LogP contribution in [-0.2, 0) is 17.3 Å². The number of amides is 1. The van der Waals surface area contributed by atoms with Gasteiger partial charge in [0, 0.05) is 42.5 Å². The number of aryl methyl sites for hydroxylation is 1. The number of imidazole rings is 1. The summed E-state index contributed by atoms with van der Waals surface area (Å²) in [5.74, 6) is 3.53. The predicted molar refractivity (Wildman–Crippen MR) is 115 cm³/mol. The Kier molecular flexibility index (Phi) is 5.22. The molecule has 0 saturated heterocycles. The van der Waals surface area contributed by atoms with E-state index in [9.17, 15) is 4.79 Å². The Bertz CT molecular complexity index is 1040. The molecule has 29 heavy (non-hydrogen) atoms. The van der Waals surface area contributed by atoms with Gasteiger partial charge in [-0.1, -0.05) is 49.1 Å². The van der Waals surface area contributed by atoms with Gasteiger partial charge in [-0.05, 0) is 41.7 Å². The molecule has 1 unspecified atom stereocenters. The number of nitrogens with zero attached hydrogens (tertiary/aromatic N) is 2. The van der Waals surface area contributed by atoms with Crippen LogP contribution in [0.15, 0.2) is 67.3 Å². The quantitative estimate of drug-likeness (QED) is 0.676. The van der Waals surface area contributed by atoms with E-state index in [1.54, 1.807) is 12.5 Å². The maximum atomic E-state index is 12.4. The molecule has 1 aliphatic carbocycles. The van der Waals surface area contributed by atoms with Crippen LogP contribution in [0.5, 0.6) is 0 Å². The molecule has 3 aromatic rings. The van der Waals surface area contributed by atoms with Gasteiger partial charge in [0.1, 0.15) is 0 Å². The van der Waals surface area contributed by atoms with Gasteiger partial charge in [-0.3, -0.25) is 4.79 Å². The summed E-state index contributed by atoms with van der Waals surface area (Å²) in [5.41, 5.74) is 3.95. The number of rotatable bonds is 3. The molecule has 1 N–H and O–H groups in total. The van der Waals surface area contributed by atoms with Crippen molar-refractivity contribution >= 4 is 11.6 Å². The molecular formula is C25H25N3O. The molecular weight excluding hydrogens is 358 g/mol. The van der Waals surface area contributed by atoms with Crippen molar-refractivity contribution in [2.75, 3.05) is 5.32 Å². The maximum absolute atomic E-state index is 12.4. The molecule has 1 aromatic heterocycles. The number of para-hydroxylation sites is 1. The normalized spacial score (nSPS) is 19.9. The van der Waals surface area contributed by atoms with E-state index in [4.69, 9.17) is 6.42 Å². The van der Waals surface area contributed by atoms with Crippen LogP contribution in [0.4, 0.5) is 5.69 Å². The van der Waals surface area contributed by atoms with Crippen LogP contribution in [-0.4, -0.2) is 15.5 Å². The van der Waals surface area contributed by atoms with E-state index in [0.717, 1.165) is 17.7 Å². The lowest BCUT2D eigenvalue weighted by atomic mass is 9.66. The minimum atomic E-state index is -0.257. The molecule has 1 atom stereocenters. The Morgan fingerprint density at radius 3 is 2.72 bits per heavy atom. The number of carbonyl (C=O) groups is 1. The summed E-state index contributed by atoms with van der Waals surface area (Å²) in [4.78, 5) is 16.2. The Labute approximate surface area is 172 Å². The maximum Gasteiger partial charge on any atom is 0.225 e. The van der Waals surface area contributed by atoms with Crippen LogP contribution in [0.3, 0.4) is 0 Å². The number of hydrogen-bond acceptors (Lipinski definition) is 2. The first kappa shape index (κ1) is 19.0. The van der Waals surface area contributed by atoms with Crippen molar-refractivity contribution < 1.29 is 4.79 Å². The van der Waals surface area contributed by atoms with Crippen LogP contribution in [0.1, 0.15) is 42.4 Å². The summed E-state index contributed by atoms with van der Waals surface area (Å²) < 4.78 is 1.89. The molecule has 2 aliphatic rings. The lowest BCUT2D eigenvalue weighted by Crippen LogP contribution is -2.38. The van der Waals surface area contributed by atoms with E-state index in [1.807, 2.05) is 42.1 Å². The first-order valence-corrected chi connectivity index (χ1v) is 9.99. The van der Waals surface area contributed by atoms with Crippen molar-refractivity contribution in [3.05, 3.63) is 83.9 Å². The molecule has 146 valence electrons. The summed E-state index contributed by atoms with van der Waals surface area (Å²) in [6, 6.07) is 16.3. The first-order chi connectivity index (χ1) is 14.1. The number of benzene rings is 2. The highest BCUT2D eigenvalue weighted by Gasteiger charge is 2.45. The van der Waals surface area contributed by atoms with E-state index >= 15 is 0 Å². The molecule has 0 spiro atoms. The van der Waals surface area contributed by atoms with E-state index in [2.05, 4.69) is 40.5 Å². The van der Waals surface area contributed by atoms with E-state index in [0.29, 0.717) is 12.3 Å². The van der Waals surface area contributed by atoms with Gasteiger partial charge in [-0.2, -0.15) is 0 Å². The third-order valence-electron chi connectivity index (χ3n) is 5.73. The molecule has 1 fully saturated rings. The van der Waals surface area contributed by atoms with Crippen molar-refractivity contribution in [1.82, 2.24) is 9.55 Å². The highest BCUT2D eigenvalue weighted by Crippen LogP contribution is 2.51. The molecule has 1 amide bonds.